The molecule has 0 atom stereocenters. The van der Waals surface area contributed by atoms with Gasteiger partial charge in [0, 0.05) is 25.0 Å². The van der Waals surface area contributed by atoms with Gasteiger partial charge in [0.2, 0.25) is 0 Å². The third-order valence-electron chi connectivity index (χ3n) is 4.51. The number of rotatable bonds is 6. The van der Waals surface area contributed by atoms with E-state index in [2.05, 4.69) is 22.5 Å². The Morgan fingerprint density at radius 3 is 2.58 bits per heavy atom. The van der Waals surface area contributed by atoms with E-state index < -0.39 is 0 Å². The summed E-state index contributed by atoms with van der Waals surface area (Å²) in [6, 6.07) is -0.106. The second kappa shape index (κ2) is 6.57. The Kier molecular flexibility index (Phi) is 5.05. The SMILES string of the molecule is CC1CCN(CCNC(=O)NCC2(CO)CC2)CC1. The Morgan fingerprint density at radius 1 is 1.32 bits per heavy atom. The summed E-state index contributed by atoms with van der Waals surface area (Å²) >= 11 is 0. The highest BCUT2D eigenvalue weighted by atomic mass is 16.3. The fourth-order valence-corrected chi connectivity index (χ4v) is 2.51. The van der Waals surface area contributed by atoms with Crippen molar-refractivity contribution in [3.8, 4) is 0 Å². The monoisotopic (exact) mass is 269 g/mol. The van der Waals surface area contributed by atoms with Gasteiger partial charge in [-0.15, -0.1) is 0 Å². The first-order valence-electron chi connectivity index (χ1n) is 7.48. The van der Waals surface area contributed by atoms with Crippen molar-refractivity contribution in [2.45, 2.75) is 32.6 Å². The molecule has 19 heavy (non-hydrogen) atoms. The topological polar surface area (TPSA) is 64.6 Å². The van der Waals surface area contributed by atoms with Crippen molar-refractivity contribution in [1.82, 2.24) is 15.5 Å². The molecule has 0 spiro atoms. The molecule has 1 saturated carbocycles. The van der Waals surface area contributed by atoms with Gasteiger partial charge < -0.3 is 20.6 Å². The lowest BCUT2D eigenvalue weighted by atomic mass is 9.99. The number of carbonyl (C=O) groups excluding carboxylic acids is 1. The zero-order chi connectivity index (χ0) is 13.7. The smallest absolute Gasteiger partial charge is 0.314 e. The second-order valence-corrected chi connectivity index (χ2v) is 6.29. The number of amides is 2. The van der Waals surface area contributed by atoms with Crippen LogP contribution in [0.15, 0.2) is 0 Å². The molecule has 2 amide bonds. The van der Waals surface area contributed by atoms with E-state index in [0.717, 1.165) is 38.4 Å². The highest BCUT2D eigenvalue weighted by Gasteiger charge is 2.42. The zero-order valence-electron chi connectivity index (χ0n) is 12.0. The molecule has 0 radical (unpaired) electrons. The average Bonchev–Trinajstić information content (AvgIpc) is 3.19. The van der Waals surface area contributed by atoms with Crippen LogP contribution in [0.5, 0.6) is 0 Å². The van der Waals surface area contributed by atoms with Crippen LogP contribution in [0.3, 0.4) is 0 Å². The molecule has 110 valence electrons. The lowest BCUT2D eigenvalue weighted by molar-refractivity contribution is 0.189. The molecule has 0 unspecified atom stereocenters. The average molecular weight is 269 g/mol. The number of nitrogens with zero attached hydrogens (tertiary/aromatic N) is 1. The minimum atomic E-state index is -0.106. The Labute approximate surface area is 115 Å². The Hall–Kier alpha value is -0.810. The summed E-state index contributed by atoms with van der Waals surface area (Å²) in [6.07, 6.45) is 4.59. The summed E-state index contributed by atoms with van der Waals surface area (Å²) in [5.41, 5.74) is -0.0135. The largest absolute Gasteiger partial charge is 0.396 e. The number of carbonyl (C=O) groups is 1. The molecule has 1 saturated heterocycles. The third-order valence-corrected chi connectivity index (χ3v) is 4.51. The second-order valence-electron chi connectivity index (χ2n) is 6.29. The van der Waals surface area contributed by atoms with Crippen LogP contribution >= 0.6 is 0 Å². The molecule has 0 aromatic carbocycles. The van der Waals surface area contributed by atoms with Gasteiger partial charge in [0.1, 0.15) is 0 Å². The quantitative estimate of drug-likeness (QED) is 0.668. The number of aliphatic hydroxyl groups is 1. The molecule has 1 aliphatic heterocycles. The van der Waals surface area contributed by atoms with Gasteiger partial charge in [-0.3, -0.25) is 0 Å². The van der Waals surface area contributed by atoms with Crippen LogP contribution in [0.4, 0.5) is 4.79 Å². The summed E-state index contributed by atoms with van der Waals surface area (Å²) in [6.45, 7) is 7.02. The van der Waals surface area contributed by atoms with Gasteiger partial charge in [-0.1, -0.05) is 6.92 Å². The van der Waals surface area contributed by atoms with Gasteiger partial charge in [-0.25, -0.2) is 4.79 Å². The van der Waals surface area contributed by atoms with Gasteiger partial charge >= 0.3 is 6.03 Å². The van der Waals surface area contributed by atoms with Gasteiger partial charge in [0.25, 0.3) is 0 Å². The molecule has 1 heterocycles. The molecule has 0 aromatic rings. The highest BCUT2D eigenvalue weighted by molar-refractivity contribution is 5.73. The molecule has 2 rings (SSSR count). The van der Waals surface area contributed by atoms with Gasteiger partial charge in [0.05, 0.1) is 6.61 Å². The molecule has 2 aliphatic rings. The van der Waals surface area contributed by atoms with E-state index in [0.29, 0.717) is 13.1 Å². The molecular weight excluding hydrogens is 242 g/mol. The maximum Gasteiger partial charge on any atom is 0.314 e. The van der Waals surface area contributed by atoms with Crippen LogP contribution in [0.1, 0.15) is 32.6 Å². The molecule has 1 aliphatic carbocycles. The fraction of sp³-hybridized carbons (Fsp3) is 0.929. The molecule has 2 fully saturated rings. The number of nitrogens with one attached hydrogen (secondary N) is 2. The van der Waals surface area contributed by atoms with E-state index in [-0.39, 0.29) is 18.1 Å². The maximum absolute atomic E-state index is 11.6. The van der Waals surface area contributed by atoms with E-state index in [1.54, 1.807) is 0 Å². The van der Waals surface area contributed by atoms with Crippen molar-refractivity contribution in [2.75, 3.05) is 39.3 Å². The molecule has 0 aromatic heterocycles. The number of aliphatic hydroxyl groups excluding tert-OH is 1. The van der Waals surface area contributed by atoms with E-state index in [1.165, 1.54) is 12.8 Å². The van der Waals surface area contributed by atoms with Crippen LogP contribution in [0.2, 0.25) is 0 Å². The lowest BCUT2D eigenvalue weighted by Crippen LogP contribution is -2.44. The van der Waals surface area contributed by atoms with Crippen molar-refractivity contribution in [3.05, 3.63) is 0 Å². The Morgan fingerprint density at radius 2 is 2.00 bits per heavy atom. The molecular formula is C14H27N3O2. The number of hydrogen-bond acceptors (Lipinski definition) is 3. The maximum atomic E-state index is 11.6. The molecule has 5 nitrogen and oxygen atoms in total. The molecule has 0 bridgehead atoms. The molecule has 5 heteroatoms. The Bertz CT molecular complexity index is 297. The lowest BCUT2D eigenvalue weighted by Gasteiger charge is -2.30. The minimum absolute atomic E-state index is 0.0135. The predicted octanol–water partition coefficient (Wildman–Crippen LogP) is 0.790. The van der Waals surface area contributed by atoms with Crippen LogP contribution in [-0.2, 0) is 0 Å². The minimum Gasteiger partial charge on any atom is -0.396 e. The first kappa shape index (κ1) is 14.6. The Balaban J connectivity index is 1.52. The predicted molar refractivity (Wildman–Crippen MR) is 75.0 cm³/mol. The summed E-state index contributed by atoms with van der Waals surface area (Å²) in [5, 5.41) is 14.9. The normalized spacial score (nSPS) is 23.1. The van der Waals surface area contributed by atoms with Crippen molar-refractivity contribution >= 4 is 6.03 Å². The zero-order valence-corrected chi connectivity index (χ0v) is 12.0. The van der Waals surface area contributed by atoms with E-state index in [1.807, 2.05) is 0 Å². The first-order chi connectivity index (χ1) is 9.13. The van der Waals surface area contributed by atoms with E-state index in [9.17, 15) is 4.79 Å². The van der Waals surface area contributed by atoms with Gasteiger partial charge in [0.15, 0.2) is 0 Å². The van der Waals surface area contributed by atoms with Crippen molar-refractivity contribution in [3.63, 3.8) is 0 Å². The number of piperidine rings is 1. The van der Waals surface area contributed by atoms with Gasteiger partial charge in [-0.05, 0) is 44.7 Å². The van der Waals surface area contributed by atoms with Crippen LogP contribution in [0, 0.1) is 11.3 Å². The molecule has 3 N–H and O–H groups in total. The summed E-state index contributed by atoms with van der Waals surface area (Å²) in [4.78, 5) is 14.0. The van der Waals surface area contributed by atoms with E-state index in [4.69, 9.17) is 5.11 Å². The van der Waals surface area contributed by atoms with Crippen molar-refractivity contribution in [2.24, 2.45) is 11.3 Å². The fourth-order valence-electron chi connectivity index (χ4n) is 2.51. The van der Waals surface area contributed by atoms with E-state index >= 15 is 0 Å². The summed E-state index contributed by atoms with van der Waals surface area (Å²) < 4.78 is 0. The van der Waals surface area contributed by atoms with Crippen LogP contribution in [-0.4, -0.2) is 55.4 Å². The standard InChI is InChI=1S/C14H27N3O2/c1-12-2-7-17(8-3-12)9-6-15-13(19)16-10-14(11-18)4-5-14/h12,18H,2-11H2,1H3,(H2,15,16,19). The summed E-state index contributed by atoms with van der Waals surface area (Å²) in [5.74, 6) is 0.848. The van der Waals surface area contributed by atoms with Crippen molar-refractivity contribution < 1.29 is 9.90 Å². The third kappa shape index (κ3) is 4.66. The first-order valence-corrected chi connectivity index (χ1v) is 7.48. The summed E-state index contributed by atoms with van der Waals surface area (Å²) in [7, 11) is 0. The van der Waals surface area contributed by atoms with Crippen LogP contribution in [0.25, 0.3) is 0 Å². The number of urea groups is 1. The highest BCUT2D eigenvalue weighted by Crippen LogP contribution is 2.44. The number of hydrogen-bond donors (Lipinski definition) is 3. The van der Waals surface area contributed by atoms with Crippen molar-refractivity contribution in [1.29, 1.82) is 0 Å². The van der Waals surface area contributed by atoms with Gasteiger partial charge in [-0.2, -0.15) is 0 Å². The number of likely N-dealkylation sites (tertiary alicyclic amines) is 1. The van der Waals surface area contributed by atoms with Crippen LogP contribution < -0.4 is 10.6 Å².